The van der Waals surface area contributed by atoms with Crippen LogP contribution in [0.15, 0.2) is 114 Å². The molecule has 37 heavy (non-hydrogen) atoms. The van der Waals surface area contributed by atoms with Gasteiger partial charge in [0.05, 0.1) is 17.4 Å². The topological polar surface area (TPSA) is 31.7 Å². The number of anilines is 1. The lowest BCUT2D eigenvalue weighted by Gasteiger charge is -2.36. The number of hydrogen-bond acceptors (Lipinski definition) is 4. The fourth-order valence-electron chi connectivity index (χ4n) is 5.31. The van der Waals surface area contributed by atoms with Gasteiger partial charge in [0.2, 0.25) is 0 Å². The minimum Gasteiger partial charge on any atom is -0.294 e. The maximum Gasteiger partial charge on any atom is 0.123 e. The van der Waals surface area contributed by atoms with Crippen molar-refractivity contribution < 1.29 is 8.78 Å². The first-order valence-corrected chi connectivity index (χ1v) is 12.4. The highest BCUT2D eigenvalue weighted by atomic mass is 19.1. The number of halogens is 2. The highest BCUT2D eigenvalue weighted by Gasteiger charge is 2.44. The van der Waals surface area contributed by atoms with Gasteiger partial charge < -0.3 is 0 Å². The van der Waals surface area contributed by atoms with Gasteiger partial charge in [-0.3, -0.25) is 14.9 Å². The van der Waals surface area contributed by atoms with Gasteiger partial charge in [-0.15, -0.1) is 0 Å². The molecule has 0 saturated carbocycles. The fraction of sp³-hybridized carbons (Fsp3) is 0.161. The average Bonchev–Trinajstić information content (AvgIpc) is 3.31. The van der Waals surface area contributed by atoms with E-state index >= 15 is 0 Å². The van der Waals surface area contributed by atoms with E-state index < -0.39 is 0 Å². The molecule has 0 N–H and O–H groups in total. The lowest BCUT2D eigenvalue weighted by molar-refractivity contribution is 0.245. The monoisotopic (exact) mass is 492 g/mol. The zero-order valence-electron chi connectivity index (χ0n) is 20.2. The minimum absolute atomic E-state index is 0.0581. The molecule has 184 valence electrons. The number of nitrogens with zero attached hydrogens (tertiary/aromatic N) is 4. The number of likely N-dealkylation sites (tertiary alicyclic amines) is 1. The van der Waals surface area contributed by atoms with Crippen molar-refractivity contribution in [1.82, 2.24) is 9.88 Å². The standard InChI is InChI=1S/C31H26F2N4/c32-26-12-8-22(9-13-26)17-25-20-36(19-23-5-4-16-34-18-23)21-29-30(25)35-37(28-6-2-1-3-7-28)31(29)24-10-14-27(33)15-11-24/h1-18,29,31H,19-21H2. The van der Waals surface area contributed by atoms with Gasteiger partial charge in [-0.2, -0.15) is 5.10 Å². The molecule has 1 saturated heterocycles. The summed E-state index contributed by atoms with van der Waals surface area (Å²) in [5.41, 5.74) is 6.18. The third kappa shape index (κ3) is 4.93. The largest absolute Gasteiger partial charge is 0.294 e. The van der Waals surface area contributed by atoms with Gasteiger partial charge in [-0.1, -0.05) is 48.5 Å². The van der Waals surface area contributed by atoms with E-state index in [1.807, 2.05) is 42.6 Å². The van der Waals surface area contributed by atoms with Gasteiger partial charge in [-0.25, -0.2) is 8.78 Å². The number of pyridine rings is 1. The van der Waals surface area contributed by atoms with Gasteiger partial charge in [0.25, 0.3) is 0 Å². The number of piperidine rings is 1. The Morgan fingerprint density at radius 3 is 2.27 bits per heavy atom. The first kappa shape index (κ1) is 23.3. The van der Waals surface area contributed by atoms with Crippen LogP contribution in [0.2, 0.25) is 0 Å². The molecule has 0 bridgehead atoms. The second kappa shape index (κ2) is 10.1. The van der Waals surface area contributed by atoms with E-state index in [4.69, 9.17) is 5.10 Å². The van der Waals surface area contributed by atoms with Crippen molar-refractivity contribution in [2.45, 2.75) is 12.6 Å². The Labute approximate surface area is 215 Å². The molecule has 2 aliphatic heterocycles. The van der Waals surface area contributed by atoms with E-state index in [0.29, 0.717) is 6.54 Å². The van der Waals surface area contributed by atoms with Gasteiger partial charge in [0, 0.05) is 37.9 Å². The Morgan fingerprint density at radius 2 is 1.57 bits per heavy atom. The van der Waals surface area contributed by atoms with Crippen LogP contribution >= 0.6 is 0 Å². The number of para-hydroxylation sites is 1. The third-order valence-corrected chi connectivity index (χ3v) is 6.96. The molecule has 2 aliphatic rings. The van der Waals surface area contributed by atoms with Gasteiger partial charge in [0.15, 0.2) is 0 Å². The zero-order valence-corrected chi connectivity index (χ0v) is 20.2. The summed E-state index contributed by atoms with van der Waals surface area (Å²) in [5.74, 6) is -0.456. The van der Waals surface area contributed by atoms with E-state index in [2.05, 4.69) is 39.2 Å². The first-order valence-electron chi connectivity index (χ1n) is 12.4. The molecule has 1 fully saturated rings. The van der Waals surface area contributed by atoms with Crippen molar-refractivity contribution in [1.29, 1.82) is 0 Å². The SMILES string of the molecule is Fc1ccc(C=C2CN(Cc3cccnc3)CC3C2=NN(c2ccccc2)C3c2ccc(F)cc2)cc1. The summed E-state index contributed by atoms with van der Waals surface area (Å²) in [5, 5.41) is 7.24. The summed E-state index contributed by atoms with van der Waals surface area (Å²) < 4.78 is 27.5. The molecule has 1 aromatic heterocycles. The molecule has 0 amide bonds. The quantitative estimate of drug-likeness (QED) is 0.319. The van der Waals surface area contributed by atoms with Crippen molar-refractivity contribution in [3.8, 4) is 0 Å². The molecule has 3 aromatic carbocycles. The van der Waals surface area contributed by atoms with Crippen LogP contribution in [0.5, 0.6) is 0 Å². The number of rotatable bonds is 5. The van der Waals surface area contributed by atoms with Crippen LogP contribution in [-0.2, 0) is 6.54 Å². The maximum atomic E-state index is 13.9. The average molecular weight is 493 g/mol. The summed E-state index contributed by atoms with van der Waals surface area (Å²) in [6.07, 6.45) is 5.79. The third-order valence-electron chi connectivity index (χ3n) is 6.96. The minimum atomic E-state index is -0.258. The molecule has 0 aliphatic carbocycles. The van der Waals surface area contributed by atoms with Crippen LogP contribution in [0.25, 0.3) is 6.08 Å². The molecule has 4 aromatic rings. The van der Waals surface area contributed by atoms with Crippen molar-refractivity contribution in [3.63, 3.8) is 0 Å². The molecule has 2 unspecified atom stereocenters. The Balaban J connectivity index is 1.44. The lowest BCUT2D eigenvalue weighted by atomic mass is 9.82. The van der Waals surface area contributed by atoms with Crippen LogP contribution < -0.4 is 5.01 Å². The van der Waals surface area contributed by atoms with Crippen molar-refractivity contribution in [2.24, 2.45) is 11.0 Å². The second-order valence-corrected chi connectivity index (χ2v) is 9.52. The smallest absolute Gasteiger partial charge is 0.123 e. The fourth-order valence-corrected chi connectivity index (χ4v) is 5.31. The highest BCUT2D eigenvalue weighted by molar-refractivity contribution is 6.09. The Hall–Kier alpha value is -4.16. The number of fused-ring (bicyclic) bond motifs is 1. The second-order valence-electron chi connectivity index (χ2n) is 9.52. The number of hydrazone groups is 1. The highest BCUT2D eigenvalue weighted by Crippen LogP contribution is 2.43. The molecule has 3 heterocycles. The summed E-state index contributed by atoms with van der Waals surface area (Å²) >= 11 is 0. The molecule has 2 atom stereocenters. The van der Waals surface area contributed by atoms with Crippen LogP contribution in [0.4, 0.5) is 14.5 Å². The van der Waals surface area contributed by atoms with Crippen LogP contribution in [0.1, 0.15) is 22.7 Å². The summed E-state index contributed by atoms with van der Waals surface area (Å²) in [4.78, 5) is 6.69. The zero-order chi connectivity index (χ0) is 25.2. The van der Waals surface area contributed by atoms with Gasteiger partial charge >= 0.3 is 0 Å². The van der Waals surface area contributed by atoms with Crippen molar-refractivity contribution in [3.05, 3.63) is 137 Å². The van der Waals surface area contributed by atoms with Crippen molar-refractivity contribution >= 4 is 17.5 Å². The van der Waals surface area contributed by atoms with Crippen LogP contribution in [0.3, 0.4) is 0 Å². The van der Waals surface area contributed by atoms with E-state index in [9.17, 15) is 8.78 Å². The Kier molecular flexibility index (Phi) is 6.33. The van der Waals surface area contributed by atoms with E-state index in [0.717, 1.165) is 46.8 Å². The van der Waals surface area contributed by atoms with Crippen LogP contribution in [0, 0.1) is 17.6 Å². The molecular formula is C31H26F2N4. The van der Waals surface area contributed by atoms with E-state index in [1.165, 1.54) is 24.3 Å². The molecule has 6 heteroatoms. The lowest BCUT2D eigenvalue weighted by Crippen LogP contribution is -2.43. The summed E-state index contributed by atoms with van der Waals surface area (Å²) in [7, 11) is 0. The molecule has 0 spiro atoms. The van der Waals surface area contributed by atoms with Crippen molar-refractivity contribution in [2.75, 3.05) is 18.1 Å². The molecular weight excluding hydrogens is 466 g/mol. The van der Waals surface area contributed by atoms with E-state index in [-0.39, 0.29) is 23.6 Å². The van der Waals surface area contributed by atoms with E-state index in [1.54, 1.807) is 18.3 Å². The summed E-state index contributed by atoms with van der Waals surface area (Å²) in [6.45, 7) is 2.25. The summed E-state index contributed by atoms with van der Waals surface area (Å²) in [6, 6.07) is 27.3. The predicted molar refractivity (Wildman–Crippen MR) is 143 cm³/mol. The number of hydrogen-bond donors (Lipinski definition) is 0. The molecule has 0 radical (unpaired) electrons. The normalized spacial score (nSPS) is 20.6. The Morgan fingerprint density at radius 1 is 0.838 bits per heavy atom. The molecule has 4 nitrogen and oxygen atoms in total. The van der Waals surface area contributed by atoms with Gasteiger partial charge in [-0.05, 0) is 70.8 Å². The predicted octanol–water partition coefficient (Wildman–Crippen LogP) is 6.49. The number of aromatic nitrogens is 1. The Bertz CT molecular complexity index is 1420. The number of benzene rings is 3. The van der Waals surface area contributed by atoms with Crippen LogP contribution in [-0.4, -0.2) is 28.7 Å². The maximum absolute atomic E-state index is 13.9. The van der Waals surface area contributed by atoms with Gasteiger partial charge in [0.1, 0.15) is 11.6 Å². The first-order chi connectivity index (χ1) is 18.1. The molecule has 6 rings (SSSR count).